The third-order valence-corrected chi connectivity index (χ3v) is 4.89. The lowest BCUT2D eigenvalue weighted by Crippen LogP contribution is -2.24. The van der Waals surface area contributed by atoms with Crippen LogP contribution in [-0.2, 0) is 4.79 Å². The zero-order valence-electron chi connectivity index (χ0n) is 15.3. The standard InChI is InChI=1S/C21H18Cl2N2O3/c1-13-6-7-15(10-14(13)2)27-12-20(26)25-24-11-16-8-9-19(28-16)17-4-3-5-18(22)21(17)23/h3-11H,12H2,1-2H3,(H,25,26)/b24-11-. The second-order valence-electron chi connectivity index (χ2n) is 6.13. The molecule has 5 nitrogen and oxygen atoms in total. The number of nitrogens with one attached hydrogen (secondary N) is 1. The first-order chi connectivity index (χ1) is 13.4. The molecule has 28 heavy (non-hydrogen) atoms. The van der Waals surface area contributed by atoms with Gasteiger partial charge in [-0.15, -0.1) is 0 Å². The molecule has 0 fully saturated rings. The molecule has 0 radical (unpaired) electrons. The van der Waals surface area contributed by atoms with Gasteiger partial charge >= 0.3 is 0 Å². The fourth-order valence-corrected chi connectivity index (χ4v) is 2.81. The van der Waals surface area contributed by atoms with Gasteiger partial charge in [-0.2, -0.15) is 5.10 Å². The summed E-state index contributed by atoms with van der Waals surface area (Å²) in [6.07, 6.45) is 1.40. The molecule has 0 atom stereocenters. The van der Waals surface area contributed by atoms with Crippen LogP contribution in [-0.4, -0.2) is 18.7 Å². The molecular weight excluding hydrogens is 399 g/mol. The van der Waals surface area contributed by atoms with Crippen LogP contribution in [0.3, 0.4) is 0 Å². The maximum atomic E-state index is 11.9. The van der Waals surface area contributed by atoms with Crippen LogP contribution in [0.5, 0.6) is 5.75 Å². The predicted molar refractivity (Wildman–Crippen MR) is 111 cm³/mol. The summed E-state index contributed by atoms with van der Waals surface area (Å²) < 4.78 is 11.1. The summed E-state index contributed by atoms with van der Waals surface area (Å²) in [5, 5.41) is 4.74. The van der Waals surface area contributed by atoms with E-state index in [0.717, 1.165) is 5.56 Å². The van der Waals surface area contributed by atoms with Gasteiger partial charge in [-0.25, -0.2) is 5.43 Å². The molecule has 3 aromatic rings. The summed E-state index contributed by atoms with van der Waals surface area (Å²) >= 11 is 12.2. The normalized spacial score (nSPS) is 11.0. The van der Waals surface area contributed by atoms with Crippen molar-refractivity contribution in [2.75, 3.05) is 6.61 Å². The molecule has 7 heteroatoms. The Hall–Kier alpha value is -2.76. The maximum absolute atomic E-state index is 11.9. The number of benzene rings is 2. The Kier molecular flexibility index (Phi) is 6.39. The molecule has 0 bridgehead atoms. The summed E-state index contributed by atoms with van der Waals surface area (Å²) in [7, 11) is 0. The molecule has 0 saturated carbocycles. The van der Waals surface area contributed by atoms with Crippen molar-refractivity contribution in [2.45, 2.75) is 13.8 Å². The Morgan fingerprint density at radius 2 is 1.96 bits per heavy atom. The van der Waals surface area contributed by atoms with Crippen LogP contribution >= 0.6 is 23.2 Å². The Morgan fingerprint density at radius 1 is 1.14 bits per heavy atom. The lowest BCUT2D eigenvalue weighted by Gasteiger charge is -2.07. The number of aryl methyl sites for hydroxylation is 2. The number of carbonyl (C=O) groups is 1. The van der Waals surface area contributed by atoms with E-state index in [1.54, 1.807) is 30.3 Å². The number of amides is 1. The number of halogens is 2. The summed E-state index contributed by atoms with van der Waals surface area (Å²) in [4.78, 5) is 11.9. The molecule has 0 spiro atoms. The molecule has 3 rings (SSSR count). The van der Waals surface area contributed by atoms with Crippen molar-refractivity contribution < 1.29 is 13.9 Å². The van der Waals surface area contributed by atoms with Gasteiger partial charge in [0.2, 0.25) is 0 Å². The zero-order valence-corrected chi connectivity index (χ0v) is 16.8. The average molecular weight is 417 g/mol. The van der Waals surface area contributed by atoms with Gasteiger partial charge in [0.05, 0.1) is 16.3 Å². The molecule has 1 N–H and O–H groups in total. The fourth-order valence-electron chi connectivity index (χ4n) is 2.41. The minimum absolute atomic E-state index is 0.138. The van der Waals surface area contributed by atoms with Crippen LogP contribution < -0.4 is 10.2 Å². The smallest absolute Gasteiger partial charge is 0.277 e. The third-order valence-electron chi connectivity index (χ3n) is 4.07. The van der Waals surface area contributed by atoms with Gasteiger partial charge in [-0.1, -0.05) is 35.3 Å². The van der Waals surface area contributed by atoms with Gasteiger partial charge in [0.25, 0.3) is 5.91 Å². The van der Waals surface area contributed by atoms with Gasteiger partial charge in [0.15, 0.2) is 6.61 Å². The second kappa shape index (κ2) is 8.95. The highest BCUT2D eigenvalue weighted by molar-refractivity contribution is 6.43. The van der Waals surface area contributed by atoms with Gasteiger partial charge in [-0.3, -0.25) is 4.79 Å². The number of hydrazone groups is 1. The minimum atomic E-state index is -0.376. The SMILES string of the molecule is Cc1ccc(OCC(=O)N/N=C\c2ccc(-c3cccc(Cl)c3Cl)o2)cc1C. The lowest BCUT2D eigenvalue weighted by molar-refractivity contribution is -0.123. The van der Waals surface area contributed by atoms with Crippen LogP contribution in [0.25, 0.3) is 11.3 Å². The number of nitrogens with zero attached hydrogens (tertiary/aromatic N) is 1. The van der Waals surface area contributed by atoms with Gasteiger partial charge in [0, 0.05) is 5.56 Å². The van der Waals surface area contributed by atoms with Gasteiger partial charge in [0.1, 0.15) is 17.3 Å². The Morgan fingerprint density at radius 3 is 2.75 bits per heavy atom. The third kappa shape index (κ3) is 4.94. The van der Waals surface area contributed by atoms with Crippen LogP contribution in [0.15, 0.2) is 58.0 Å². The van der Waals surface area contributed by atoms with Crippen LogP contribution in [0.4, 0.5) is 0 Å². The molecular formula is C21H18Cl2N2O3. The highest BCUT2D eigenvalue weighted by Crippen LogP contribution is 2.34. The molecule has 1 heterocycles. The number of ether oxygens (including phenoxy) is 1. The van der Waals surface area contributed by atoms with Crippen molar-refractivity contribution in [2.24, 2.45) is 5.10 Å². The van der Waals surface area contributed by atoms with E-state index >= 15 is 0 Å². The summed E-state index contributed by atoms with van der Waals surface area (Å²) in [5.41, 5.74) is 5.34. The first kappa shape index (κ1) is 20.0. The molecule has 0 aliphatic carbocycles. The van der Waals surface area contributed by atoms with Gasteiger partial charge < -0.3 is 9.15 Å². The Balaban J connectivity index is 1.54. The van der Waals surface area contributed by atoms with Crippen LogP contribution in [0, 0.1) is 13.8 Å². The number of hydrogen-bond donors (Lipinski definition) is 1. The highest BCUT2D eigenvalue weighted by atomic mass is 35.5. The van der Waals surface area contributed by atoms with Crippen LogP contribution in [0.1, 0.15) is 16.9 Å². The van der Waals surface area contributed by atoms with Crippen molar-refractivity contribution in [3.63, 3.8) is 0 Å². The number of furan rings is 1. The average Bonchev–Trinajstić information content (AvgIpc) is 3.13. The van der Waals surface area contributed by atoms with Gasteiger partial charge in [-0.05, 0) is 61.4 Å². The van der Waals surface area contributed by atoms with E-state index in [4.69, 9.17) is 32.4 Å². The summed E-state index contributed by atoms with van der Waals surface area (Å²) in [5.74, 6) is 1.27. The van der Waals surface area contributed by atoms with Crippen LogP contribution in [0.2, 0.25) is 10.0 Å². The van der Waals surface area contributed by atoms with Crippen molar-refractivity contribution in [1.29, 1.82) is 0 Å². The molecule has 2 aromatic carbocycles. The van der Waals surface area contributed by atoms with Crippen molar-refractivity contribution in [1.82, 2.24) is 5.43 Å². The van der Waals surface area contributed by atoms with E-state index in [1.165, 1.54) is 11.8 Å². The maximum Gasteiger partial charge on any atom is 0.277 e. The largest absolute Gasteiger partial charge is 0.484 e. The first-order valence-electron chi connectivity index (χ1n) is 8.50. The van der Waals surface area contributed by atoms with E-state index in [1.807, 2.05) is 32.0 Å². The second-order valence-corrected chi connectivity index (χ2v) is 6.92. The van der Waals surface area contributed by atoms with E-state index in [2.05, 4.69) is 10.5 Å². The molecule has 0 unspecified atom stereocenters. The number of carbonyl (C=O) groups excluding carboxylic acids is 1. The predicted octanol–water partition coefficient (Wildman–Crippen LogP) is 5.40. The van der Waals surface area contributed by atoms with Crippen molar-refractivity contribution in [3.05, 3.63) is 75.5 Å². The van der Waals surface area contributed by atoms with E-state index in [9.17, 15) is 4.79 Å². The molecule has 144 valence electrons. The van der Waals surface area contributed by atoms with Crippen molar-refractivity contribution in [3.8, 4) is 17.1 Å². The van der Waals surface area contributed by atoms with E-state index in [-0.39, 0.29) is 12.5 Å². The minimum Gasteiger partial charge on any atom is -0.484 e. The van der Waals surface area contributed by atoms with Crippen molar-refractivity contribution >= 4 is 35.3 Å². The van der Waals surface area contributed by atoms with E-state index < -0.39 is 0 Å². The number of rotatable bonds is 6. The quantitative estimate of drug-likeness (QED) is 0.432. The molecule has 0 saturated heterocycles. The van der Waals surface area contributed by atoms with E-state index in [0.29, 0.717) is 32.9 Å². The Bertz CT molecular complexity index is 1030. The number of hydrogen-bond acceptors (Lipinski definition) is 4. The first-order valence-corrected chi connectivity index (χ1v) is 9.26. The molecule has 0 aliphatic rings. The molecule has 1 amide bonds. The topological polar surface area (TPSA) is 63.8 Å². The Labute approximate surface area is 172 Å². The fraction of sp³-hybridized carbons (Fsp3) is 0.143. The molecule has 1 aromatic heterocycles. The zero-order chi connectivity index (χ0) is 20.1. The lowest BCUT2D eigenvalue weighted by atomic mass is 10.1. The monoisotopic (exact) mass is 416 g/mol. The molecule has 0 aliphatic heterocycles. The summed E-state index contributed by atoms with van der Waals surface area (Å²) in [6.45, 7) is 3.86. The summed E-state index contributed by atoms with van der Waals surface area (Å²) in [6, 6.07) is 14.4. The highest BCUT2D eigenvalue weighted by Gasteiger charge is 2.10.